The van der Waals surface area contributed by atoms with Gasteiger partial charge >= 0.3 is 0 Å². The van der Waals surface area contributed by atoms with Crippen molar-refractivity contribution in [2.45, 2.75) is 43.9 Å². The van der Waals surface area contributed by atoms with Crippen molar-refractivity contribution in [3.63, 3.8) is 0 Å². The van der Waals surface area contributed by atoms with Crippen molar-refractivity contribution in [1.29, 1.82) is 0 Å². The largest absolute Gasteiger partial charge is 0.372 e. The molecule has 0 aromatic rings. The second-order valence-electron chi connectivity index (χ2n) is 6.03. The predicted molar refractivity (Wildman–Crippen MR) is 76.1 cm³/mol. The van der Waals surface area contributed by atoms with E-state index in [2.05, 4.69) is 10.2 Å². The molecule has 0 amide bonds. The number of likely N-dealkylation sites (N-methyl/N-ethyl adjacent to an activating group) is 1. The van der Waals surface area contributed by atoms with Gasteiger partial charge in [-0.1, -0.05) is 0 Å². The van der Waals surface area contributed by atoms with Crippen LogP contribution in [0, 0.1) is 0 Å². The molecule has 1 N–H and O–H groups in total. The number of nitrogens with zero attached hydrogens (tertiary/aromatic N) is 1. The van der Waals surface area contributed by atoms with Crippen LogP contribution in [0.1, 0.15) is 25.7 Å². The molecule has 0 aromatic carbocycles. The van der Waals surface area contributed by atoms with Crippen LogP contribution in [0.5, 0.6) is 0 Å². The third kappa shape index (κ3) is 6.21. The molecule has 112 valence electrons. The molecule has 1 saturated carbocycles. The van der Waals surface area contributed by atoms with E-state index in [0.717, 1.165) is 32.0 Å². The molecule has 2 unspecified atom stereocenters. The minimum absolute atomic E-state index is 0.225. The summed E-state index contributed by atoms with van der Waals surface area (Å²) in [6, 6.07) is 0.736. The fourth-order valence-corrected chi connectivity index (χ4v) is 3.05. The molecular formula is C13H26N2O3S. The molecule has 1 heterocycles. The average Bonchev–Trinajstić information content (AvgIpc) is 3.04. The van der Waals surface area contributed by atoms with Crippen LogP contribution in [0.2, 0.25) is 0 Å². The molecule has 19 heavy (non-hydrogen) atoms. The van der Waals surface area contributed by atoms with Crippen LogP contribution >= 0.6 is 0 Å². The van der Waals surface area contributed by atoms with Crippen molar-refractivity contribution >= 4 is 9.84 Å². The average molecular weight is 290 g/mol. The summed E-state index contributed by atoms with van der Waals surface area (Å²) >= 11 is 0. The van der Waals surface area contributed by atoms with E-state index in [1.165, 1.54) is 19.1 Å². The van der Waals surface area contributed by atoms with Crippen molar-refractivity contribution in [2.24, 2.45) is 0 Å². The molecule has 2 aliphatic rings. The number of nitrogens with one attached hydrogen (secondary N) is 1. The Morgan fingerprint density at radius 3 is 2.53 bits per heavy atom. The van der Waals surface area contributed by atoms with Gasteiger partial charge in [-0.05, 0) is 32.7 Å². The lowest BCUT2D eigenvalue weighted by atomic mass is 10.2. The zero-order chi connectivity index (χ0) is 13.9. The lowest BCUT2D eigenvalue weighted by Gasteiger charge is -2.21. The van der Waals surface area contributed by atoms with E-state index >= 15 is 0 Å². The van der Waals surface area contributed by atoms with Crippen molar-refractivity contribution in [2.75, 3.05) is 38.7 Å². The molecule has 1 saturated heterocycles. The molecular weight excluding hydrogens is 264 g/mol. The van der Waals surface area contributed by atoms with Crippen LogP contribution in [0.4, 0.5) is 0 Å². The van der Waals surface area contributed by atoms with Crippen molar-refractivity contribution in [3.05, 3.63) is 0 Å². The Hall–Kier alpha value is -0.170. The van der Waals surface area contributed by atoms with E-state index in [-0.39, 0.29) is 11.9 Å². The van der Waals surface area contributed by atoms with E-state index in [1.54, 1.807) is 0 Å². The van der Waals surface area contributed by atoms with Crippen molar-refractivity contribution in [1.82, 2.24) is 10.2 Å². The molecule has 2 rings (SSSR count). The Morgan fingerprint density at radius 2 is 1.89 bits per heavy atom. The van der Waals surface area contributed by atoms with Gasteiger partial charge in [-0.15, -0.1) is 0 Å². The van der Waals surface area contributed by atoms with Crippen LogP contribution in [0.3, 0.4) is 0 Å². The van der Waals surface area contributed by atoms with Crippen LogP contribution in [-0.4, -0.2) is 70.3 Å². The van der Waals surface area contributed by atoms with E-state index in [4.69, 9.17) is 4.74 Å². The zero-order valence-corrected chi connectivity index (χ0v) is 12.8. The number of sulfone groups is 1. The van der Waals surface area contributed by atoms with Gasteiger partial charge in [0.2, 0.25) is 0 Å². The quantitative estimate of drug-likeness (QED) is 0.695. The van der Waals surface area contributed by atoms with Gasteiger partial charge in [-0.3, -0.25) is 0 Å². The highest BCUT2D eigenvalue weighted by atomic mass is 32.2. The van der Waals surface area contributed by atoms with Crippen LogP contribution in [0.25, 0.3) is 0 Å². The lowest BCUT2D eigenvalue weighted by Crippen LogP contribution is -2.34. The van der Waals surface area contributed by atoms with Crippen molar-refractivity contribution < 1.29 is 13.2 Å². The SMILES string of the molecule is CN(CCS(C)(=O)=O)CC1CCC(CNC2CC2)O1. The highest BCUT2D eigenvalue weighted by Crippen LogP contribution is 2.22. The van der Waals surface area contributed by atoms with Crippen LogP contribution in [-0.2, 0) is 14.6 Å². The van der Waals surface area contributed by atoms with Gasteiger partial charge in [0.1, 0.15) is 9.84 Å². The zero-order valence-electron chi connectivity index (χ0n) is 12.0. The summed E-state index contributed by atoms with van der Waals surface area (Å²) in [7, 11) is -0.905. The summed E-state index contributed by atoms with van der Waals surface area (Å²) in [4.78, 5) is 2.06. The Balaban J connectivity index is 1.60. The van der Waals surface area contributed by atoms with Crippen LogP contribution in [0.15, 0.2) is 0 Å². The fraction of sp³-hybridized carbons (Fsp3) is 1.00. The first-order valence-corrected chi connectivity index (χ1v) is 9.23. The van der Waals surface area contributed by atoms with Gasteiger partial charge in [0, 0.05) is 31.9 Å². The summed E-state index contributed by atoms with van der Waals surface area (Å²) in [5, 5.41) is 3.50. The Morgan fingerprint density at radius 1 is 1.21 bits per heavy atom. The number of rotatable bonds is 8. The topological polar surface area (TPSA) is 58.6 Å². The maximum absolute atomic E-state index is 11.1. The lowest BCUT2D eigenvalue weighted by molar-refractivity contribution is 0.0286. The smallest absolute Gasteiger partial charge is 0.148 e. The van der Waals surface area contributed by atoms with Gasteiger partial charge in [0.15, 0.2) is 0 Å². The van der Waals surface area contributed by atoms with E-state index < -0.39 is 9.84 Å². The maximum Gasteiger partial charge on any atom is 0.148 e. The molecule has 0 aromatic heterocycles. The minimum atomic E-state index is -2.87. The molecule has 1 aliphatic heterocycles. The summed E-state index contributed by atoms with van der Waals surface area (Å²) in [6.07, 6.45) is 6.70. The highest BCUT2D eigenvalue weighted by molar-refractivity contribution is 7.90. The third-order valence-electron chi connectivity index (χ3n) is 3.77. The predicted octanol–water partition coefficient (Wildman–Crippen LogP) is 0.262. The third-order valence-corrected chi connectivity index (χ3v) is 4.69. The molecule has 5 nitrogen and oxygen atoms in total. The second kappa shape index (κ2) is 6.52. The van der Waals surface area contributed by atoms with Gasteiger partial charge < -0.3 is 15.0 Å². The minimum Gasteiger partial charge on any atom is -0.372 e. The molecule has 2 fully saturated rings. The molecule has 0 spiro atoms. The Bertz CT molecular complexity index is 381. The summed E-state index contributed by atoms with van der Waals surface area (Å²) < 4.78 is 28.2. The first-order valence-electron chi connectivity index (χ1n) is 7.17. The van der Waals surface area contributed by atoms with Gasteiger partial charge in [0.05, 0.1) is 18.0 Å². The Kier molecular flexibility index (Phi) is 5.22. The van der Waals surface area contributed by atoms with Gasteiger partial charge in [-0.2, -0.15) is 0 Å². The maximum atomic E-state index is 11.1. The molecule has 1 aliphatic carbocycles. The molecule has 2 atom stereocenters. The van der Waals surface area contributed by atoms with Gasteiger partial charge in [0.25, 0.3) is 0 Å². The standard InChI is InChI=1S/C13H26N2O3S/c1-15(7-8-19(2,16)17)10-13-6-5-12(18-13)9-14-11-3-4-11/h11-14H,3-10H2,1-2H3. The van der Waals surface area contributed by atoms with E-state index in [0.29, 0.717) is 12.6 Å². The van der Waals surface area contributed by atoms with Crippen molar-refractivity contribution in [3.8, 4) is 0 Å². The first kappa shape index (κ1) is 15.2. The molecule has 6 heteroatoms. The fourth-order valence-electron chi connectivity index (χ4n) is 2.41. The number of hydrogen-bond acceptors (Lipinski definition) is 5. The van der Waals surface area contributed by atoms with Crippen LogP contribution < -0.4 is 5.32 Å². The first-order chi connectivity index (χ1) is 8.92. The summed E-state index contributed by atoms with van der Waals surface area (Å²) in [6.45, 7) is 2.38. The van der Waals surface area contributed by atoms with E-state index in [9.17, 15) is 8.42 Å². The monoisotopic (exact) mass is 290 g/mol. The van der Waals surface area contributed by atoms with E-state index in [1.807, 2.05) is 7.05 Å². The summed E-state index contributed by atoms with van der Waals surface area (Å²) in [5.74, 6) is 0.225. The second-order valence-corrected chi connectivity index (χ2v) is 8.29. The molecule has 0 radical (unpaired) electrons. The highest BCUT2D eigenvalue weighted by Gasteiger charge is 2.28. The molecule has 0 bridgehead atoms. The summed E-state index contributed by atoms with van der Waals surface area (Å²) in [5.41, 5.74) is 0. The Labute approximate surface area is 116 Å². The number of hydrogen-bond donors (Lipinski definition) is 1. The number of ether oxygens (including phenoxy) is 1. The normalized spacial score (nSPS) is 28.2. The van der Waals surface area contributed by atoms with Gasteiger partial charge in [-0.25, -0.2) is 8.42 Å².